The molecule has 7 nitrogen and oxygen atoms in total. The Labute approximate surface area is 137 Å². The van der Waals surface area contributed by atoms with Gasteiger partial charge in [-0.15, -0.1) is 0 Å². The van der Waals surface area contributed by atoms with Gasteiger partial charge in [-0.1, -0.05) is 19.9 Å². The molecule has 5 N–H and O–H groups in total. The average Bonchev–Trinajstić information content (AvgIpc) is 2.52. The van der Waals surface area contributed by atoms with Crippen molar-refractivity contribution in [1.29, 1.82) is 0 Å². The molecule has 0 bridgehead atoms. The van der Waals surface area contributed by atoms with Crippen LogP contribution in [0.2, 0.25) is 0 Å². The summed E-state index contributed by atoms with van der Waals surface area (Å²) in [7, 11) is 0. The normalized spacial score (nSPS) is 14.9. The second kappa shape index (κ2) is 7.82. The molecule has 0 aliphatic carbocycles. The molecule has 2 rings (SSSR count). The number of rotatable bonds is 5. The monoisotopic (exact) mass is 318 g/mol. The summed E-state index contributed by atoms with van der Waals surface area (Å²) >= 11 is 0. The number of hydrogen-bond donors (Lipinski definition) is 3. The van der Waals surface area contributed by atoms with Crippen LogP contribution in [0.4, 0.5) is 11.4 Å². The van der Waals surface area contributed by atoms with Crippen molar-refractivity contribution in [3.63, 3.8) is 0 Å². The van der Waals surface area contributed by atoms with Crippen molar-refractivity contribution in [3.05, 3.63) is 24.3 Å². The molecule has 0 radical (unpaired) electrons. The van der Waals surface area contributed by atoms with Gasteiger partial charge in [-0.2, -0.15) is 0 Å². The molecule has 1 fully saturated rings. The van der Waals surface area contributed by atoms with Crippen molar-refractivity contribution in [3.8, 4) is 0 Å². The van der Waals surface area contributed by atoms with Crippen molar-refractivity contribution in [2.24, 2.45) is 16.5 Å². The molecule has 1 saturated heterocycles. The SMILES string of the molecule is CC(C)NCC(=O)N1CCN(c2cccc(N=C(N)N)c2)CC1. The summed E-state index contributed by atoms with van der Waals surface area (Å²) in [6.07, 6.45) is 0. The molecule has 0 saturated carbocycles. The van der Waals surface area contributed by atoms with E-state index in [1.807, 2.05) is 43.0 Å². The fourth-order valence-electron chi connectivity index (χ4n) is 2.53. The highest BCUT2D eigenvalue weighted by Gasteiger charge is 2.21. The molecule has 0 atom stereocenters. The second-order valence-corrected chi connectivity index (χ2v) is 5.96. The van der Waals surface area contributed by atoms with E-state index >= 15 is 0 Å². The molecule has 23 heavy (non-hydrogen) atoms. The summed E-state index contributed by atoms with van der Waals surface area (Å²) in [5.74, 6) is 0.211. The molecule has 0 spiro atoms. The number of nitrogens with zero attached hydrogens (tertiary/aromatic N) is 3. The second-order valence-electron chi connectivity index (χ2n) is 5.96. The van der Waals surface area contributed by atoms with Gasteiger partial charge in [-0.05, 0) is 18.2 Å². The fraction of sp³-hybridized carbons (Fsp3) is 0.500. The van der Waals surface area contributed by atoms with E-state index in [2.05, 4.69) is 15.2 Å². The topological polar surface area (TPSA) is 100.0 Å². The molecule has 7 heteroatoms. The minimum absolute atomic E-state index is 0.0511. The molecule has 0 unspecified atom stereocenters. The van der Waals surface area contributed by atoms with Gasteiger partial charge >= 0.3 is 0 Å². The van der Waals surface area contributed by atoms with Crippen LogP contribution in [0.5, 0.6) is 0 Å². The highest BCUT2D eigenvalue weighted by atomic mass is 16.2. The van der Waals surface area contributed by atoms with Gasteiger partial charge in [-0.25, -0.2) is 4.99 Å². The van der Waals surface area contributed by atoms with Crippen LogP contribution in [0.15, 0.2) is 29.3 Å². The molecular weight excluding hydrogens is 292 g/mol. The Hall–Kier alpha value is -2.28. The predicted octanol–water partition coefficient (Wildman–Crippen LogP) is 0.238. The molecule has 0 aromatic heterocycles. The van der Waals surface area contributed by atoms with Gasteiger partial charge in [0, 0.05) is 37.9 Å². The lowest BCUT2D eigenvalue weighted by atomic mass is 10.2. The first-order chi connectivity index (χ1) is 11.0. The van der Waals surface area contributed by atoms with Crippen LogP contribution in [-0.2, 0) is 4.79 Å². The van der Waals surface area contributed by atoms with Crippen LogP contribution in [0.25, 0.3) is 0 Å². The molecule has 1 aromatic rings. The maximum absolute atomic E-state index is 12.1. The Balaban J connectivity index is 1.91. The Morgan fingerprint density at radius 1 is 1.26 bits per heavy atom. The number of nitrogens with one attached hydrogen (secondary N) is 1. The molecule has 1 aliphatic rings. The van der Waals surface area contributed by atoms with Crippen LogP contribution in [0.1, 0.15) is 13.8 Å². The minimum atomic E-state index is 0.0511. The van der Waals surface area contributed by atoms with Crippen molar-refractivity contribution in [2.45, 2.75) is 19.9 Å². The number of hydrogen-bond acceptors (Lipinski definition) is 4. The first-order valence-electron chi connectivity index (χ1n) is 7.91. The van der Waals surface area contributed by atoms with E-state index in [0.717, 1.165) is 37.6 Å². The minimum Gasteiger partial charge on any atom is -0.370 e. The Kier molecular flexibility index (Phi) is 5.81. The van der Waals surface area contributed by atoms with Gasteiger partial charge in [0.05, 0.1) is 12.2 Å². The number of carbonyl (C=O) groups is 1. The summed E-state index contributed by atoms with van der Waals surface area (Å²) in [5, 5.41) is 3.17. The van der Waals surface area contributed by atoms with Crippen molar-refractivity contribution in [2.75, 3.05) is 37.6 Å². The van der Waals surface area contributed by atoms with Gasteiger partial charge in [-0.3, -0.25) is 4.79 Å². The smallest absolute Gasteiger partial charge is 0.236 e. The lowest BCUT2D eigenvalue weighted by Crippen LogP contribution is -2.51. The number of guanidine groups is 1. The Morgan fingerprint density at radius 2 is 1.96 bits per heavy atom. The van der Waals surface area contributed by atoms with Crippen LogP contribution in [0.3, 0.4) is 0 Å². The third-order valence-electron chi connectivity index (χ3n) is 3.75. The van der Waals surface area contributed by atoms with Crippen molar-refractivity contribution < 1.29 is 4.79 Å². The standard InChI is InChI=1S/C16H26N6O/c1-12(2)19-11-15(23)22-8-6-21(7-9-22)14-5-3-4-13(10-14)20-16(17)18/h3-5,10,12,19H,6-9,11H2,1-2H3,(H4,17,18,20). The Bertz CT molecular complexity index is 559. The van der Waals surface area contributed by atoms with Crippen LogP contribution in [-0.4, -0.2) is 55.5 Å². The molecule has 126 valence electrons. The number of aliphatic imine (C=N–C) groups is 1. The third-order valence-corrected chi connectivity index (χ3v) is 3.75. The van der Waals surface area contributed by atoms with Crippen molar-refractivity contribution >= 4 is 23.2 Å². The van der Waals surface area contributed by atoms with Gasteiger partial charge in [0.2, 0.25) is 5.91 Å². The van der Waals surface area contributed by atoms with E-state index in [1.54, 1.807) is 0 Å². The number of amides is 1. The van der Waals surface area contributed by atoms with Gasteiger partial charge in [0.15, 0.2) is 5.96 Å². The highest BCUT2D eigenvalue weighted by molar-refractivity contribution is 5.80. The number of anilines is 1. The first kappa shape index (κ1) is 17.1. The lowest BCUT2D eigenvalue weighted by molar-refractivity contribution is -0.130. The number of nitrogens with two attached hydrogens (primary N) is 2. The van der Waals surface area contributed by atoms with E-state index in [4.69, 9.17) is 11.5 Å². The van der Waals surface area contributed by atoms with Crippen molar-refractivity contribution in [1.82, 2.24) is 10.2 Å². The molecule has 1 amide bonds. The predicted molar refractivity (Wildman–Crippen MR) is 93.8 cm³/mol. The van der Waals surface area contributed by atoms with Gasteiger partial charge in [0.25, 0.3) is 0 Å². The zero-order valence-electron chi connectivity index (χ0n) is 13.8. The number of carbonyl (C=O) groups excluding carboxylic acids is 1. The Morgan fingerprint density at radius 3 is 2.57 bits per heavy atom. The van der Waals surface area contributed by atoms with Crippen LogP contribution in [0, 0.1) is 0 Å². The summed E-state index contributed by atoms with van der Waals surface area (Å²) in [5.41, 5.74) is 12.6. The number of piperazine rings is 1. The van der Waals surface area contributed by atoms with Crippen LogP contribution < -0.4 is 21.7 Å². The van der Waals surface area contributed by atoms with Gasteiger partial charge < -0.3 is 26.6 Å². The molecule has 1 heterocycles. The lowest BCUT2D eigenvalue weighted by Gasteiger charge is -2.36. The number of benzene rings is 1. The van der Waals surface area contributed by atoms with E-state index in [0.29, 0.717) is 12.6 Å². The quantitative estimate of drug-likeness (QED) is 0.533. The van der Waals surface area contributed by atoms with E-state index < -0.39 is 0 Å². The molecule has 1 aliphatic heterocycles. The highest BCUT2D eigenvalue weighted by Crippen LogP contribution is 2.22. The van der Waals surface area contributed by atoms with E-state index in [-0.39, 0.29) is 11.9 Å². The van der Waals surface area contributed by atoms with E-state index in [9.17, 15) is 4.79 Å². The van der Waals surface area contributed by atoms with E-state index in [1.165, 1.54) is 0 Å². The maximum Gasteiger partial charge on any atom is 0.236 e. The summed E-state index contributed by atoms with van der Waals surface area (Å²) in [6.45, 7) is 7.54. The molecule has 1 aromatic carbocycles. The summed E-state index contributed by atoms with van der Waals surface area (Å²) < 4.78 is 0. The third kappa shape index (κ3) is 5.14. The largest absolute Gasteiger partial charge is 0.370 e. The first-order valence-corrected chi connectivity index (χ1v) is 7.91. The zero-order valence-corrected chi connectivity index (χ0v) is 13.8. The summed E-state index contributed by atoms with van der Waals surface area (Å²) in [4.78, 5) is 20.3. The van der Waals surface area contributed by atoms with Gasteiger partial charge in [0.1, 0.15) is 0 Å². The average molecular weight is 318 g/mol. The fourth-order valence-corrected chi connectivity index (χ4v) is 2.53. The molecular formula is C16H26N6O. The summed E-state index contributed by atoms with van der Waals surface area (Å²) in [6, 6.07) is 8.10. The zero-order chi connectivity index (χ0) is 16.8. The maximum atomic E-state index is 12.1. The van der Waals surface area contributed by atoms with Crippen LogP contribution >= 0.6 is 0 Å².